The molecule has 0 spiro atoms. The first-order valence-corrected chi connectivity index (χ1v) is 10.0. The van der Waals surface area contributed by atoms with Crippen molar-refractivity contribution in [1.82, 2.24) is 9.29 Å². The van der Waals surface area contributed by atoms with E-state index in [1.54, 1.807) is 11.4 Å². The maximum absolute atomic E-state index is 14.2. The average Bonchev–Trinajstić information content (AvgIpc) is 2.93. The van der Waals surface area contributed by atoms with Gasteiger partial charge in [-0.2, -0.15) is 4.31 Å². The van der Waals surface area contributed by atoms with E-state index in [2.05, 4.69) is 15.6 Å². The van der Waals surface area contributed by atoms with Gasteiger partial charge in [0.25, 0.3) is 0 Å². The highest BCUT2D eigenvalue weighted by molar-refractivity contribution is 7.88. The molecule has 2 aromatic rings. The Morgan fingerprint density at radius 2 is 2.00 bits per heavy atom. The summed E-state index contributed by atoms with van der Waals surface area (Å²) >= 11 is 1.08. The molecule has 0 aliphatic carbocycles. The van der Waals surface area contributed by atoms with Crippen molar-refractivity contribution in [2.24, 2.45) is 0 Å². The molecule has 2 amide bonds. The third-order valence-corrected chi connectivity index (χ3v) is 5.27. The lowest BCUT2D eigenvalue weighted by Crippen LogP contribution is -2.34. The number of aromatic nitrogens is 1. The Balaban J connectivity index is 2.10. The van der Waals surface area contributed by atoms with E-state index < -0.39 is 21.7 Å². The van der Waals surface area contributed by atoms with Gasteiger partial charge in [0.15, 0.2) is 5.13 Å². The van der Waals surface area contributed by atoms with E-state index in [1.165, 1.54) is 26.1 Å². The summed E-state index contributed by atoms with van der Waals surface area (Å²) in [6.07, 6.45) is 0.995. The molecule has 0 bridgehead atoms. The summed E-state index contributed by atoms with van der Waals surface area (Å²) in [5.74, 6) is -1.44. The van der Waals surface area contributed by atoms with E-state index in [9.17, 15) is 22.4 Å². The number of likely N-dealkylation sites (N-methyl/N-ethyl adjacent to an activating group) is 1. The van der Waals surface area contributed by atoms with E-state index >= 15 is 0 Å². The van der Waals surface area contributed by atoms with Crippen molar-refractivity contribution in [2.45, 2.75) is 6.92 Å². The zero-order valence-electron chi connectivity index (χ0n) is 14.2. The summed E-state index contributed by atoms with van der Waals surface area (Å²) in [6.45, 7) is 0.968. The van der Waals surface area contributed by atoms with Crippen molar-refractivity contribution < 1.29 is 22.4 Å². The number of halogens is 1. The molecule has 0 saturated carbocycles. The van der Waals surface area contributed by atoms with Crippen LogP contribution < -0.4 is 10.6 Å². The van der Waals surface area contributed by atoms with Gasteiger partial charge < -0.3 is 10.6 Å². The molecule has 0 unspecified atom stereocenters. The van der Waals surface area contributed by atoms with Crippen molar-refractivity contribution in [3.05, 3.63) is 29.4 Å². The Morgan fingerprint density at radius 3 is 2.58 bits per heavy atom. The predicted octanol–water partition coefficient (Wildman–Crippen LogP) is 1.74. The number of carbonyl (C=O) groups excluding carboxylic acids is 2. The van der Waals surface area contributed by atoms with Crippen LogP contribution in [0.3, 0.4) is 0 Å². The second-order valence-corrected chi connectivity index (χ2v) is 8.43. The first kappa shape index (κ1) is 19.9. The first-order valence-electron chi connectivity index (χ1n) is 7.30. The van der Waals surface area contributed by atoms with Crippen molar-refractivity contribution in [2.75, 3.05) is 30.5 Å². The average molecular weight is 400 g/mol. The van der Waals surface area contributed by atoms with E-state index in [1.807, 2.05) is 0 Å². The fraction of sp³-hybridized carbons (Fsp3) is 0.267. The summed E-state index contributed by atoms with van der Waals surface area (Å²) in [5, 5.41) is 6.73. The number of carbonyl (C=O) groups is 2. The summed E-state index contributed by atoms with van der Waals surface area (Å²) in [6, 6.07) is 4.19. The molecule has 2 rings (SSSR count). The lowest BCUT2D eigenvalue weighted by molar-refractivity contribution is -0.116. The number of anilines is 2. The number of sulfonamides is 1. The van der Waals surface area contributed by atoms with E-state index in [4.69, 9.17) is 0 Å². The van der Waals surface area contributed by atoms with Gasteiger partial charge in [0.2, 0.25) is 21.8 Å². The quantitative estimate of drug-likeness (QED) is 0.768. The molecule has 8 nitrogen and oxygen atoms in total. The highest BCUT2D eigenvalue weighted by Gasteiger charge is 2.17. The first-order chi connectivity index (χ1) is 12.1. The third-order valence-electron chi connectivity index (χ3n) is 3.25. The third kappa shape index (κ3) is 5.31. The summed E-state index contributed by atoms with van der Waals surface area (Å²) in [7, 11) is -2.18. The van der Waals surface area contributed by atoms with Crippen molar-refractivity contribution in [3.8, 4) is 11.3 Å². The molecule has 11 heteroatoms. The van der Waals surface area contributed by atoms with Gasteiger partial charge in [-0.1, -0.05) is 0 Å². The van der Waals surface area contributed by atoms with Gasteiger partial charge in [0.1, 0.15) is 5.82 Å². The van der Waals surface area contributed by atoms with Gasteiger partial charge in [-0.15, -0.1) is 11.3 Å². The monoisotopic (exact) mass is 400 g/mol. The second kappa shape index (κ2) is 7.89. The number of hydrogen-bond acceptors (Lipinski definition) is 6. The lowest BCUT2D eigenvalue weighted by Gasteiger charge is -2.12. The zero-order valence-corrected chi connectivity index (χ0v) is 15.9. The van der Waals surface area contributed by atoms with E-state index in [0.717, 1.165) is 21.9 Å². The smallest absolute Gasteiger partial charge is 0.241 e. The van der Waals surface area contributed by atoms with Gasteiger partial charge >= 0.3 is 0 Å². The van der Waals surface area contributed by atoms with Crippen LogP contribution in [0.25, 0.3) is 11.3 Å². The number of benzene rings is 1. The molecular weight excluding hydrogens is 383 g/mol. The fourth-order valence-corrected chi connectivity index (χ4v) is 3.02. The second-order valence-electron chi connectivity index (χ2n) is 5.48. The van der Waals surface area contributed by atoms with Crippen LogP contribution >= 0.6 is 11.3 Å². The van der Waals surface area contributed by atoms with E-state index in [-0.39, 0.29) is 23.1 Å². The van der Waals surface area contributed by atoms with Crippen LogP contribution in [0.2, 0.25) is 0 Å². The van der Waals surface area contributed by atoms with Crippen LogP contribution in [0.5, 0.6) is 0 Å². The normalized spacial score (nSPS) is 11.4. The molecule has 140 valence electrons. The van der Waals surface area contributed by atoms with Gasteiger partial charge in [-0.25, -0.2) is 17.8 Å². The number of amides is 2. The molecule has 1 aromatic carbocycles. The maximum atomic E-state index is 14.2. The Kier molecular flexibility index (Phi) is 6.05. The standard InChI is InChI=1S/C15H17FN4O4S2/c1-9(21)17-10-4-5-11(12(16)6-10)13-8-25-15(18-13)19-14(22)7-20(2)26(3,23)24/h4-6,8H,7H2,1-3H3,(H,17,21)(H,18,19,22). The Labute approximate surface area is 154 Å². The molecule has 0 aliphatic rings. The van der Waals surface area contributed by atoms with Gasteiger partial charge in [-0.3, -0.25) is 9.59 Å². The molecule has 0 fully saturated rings. The molecule has 1 aromatic heterocycles. The van der Waals surface area contributed by atoms with Gasteiger partial charge in [0, 0.05) is 30.6 Å². The highest BCUT2D eigenvalue weighted by atomic mass is 32.2. The SMILES string of the molecule is CC(=O)Nc1ccc(-c2csc(NC(=O)CN(C)S(C)(=O)=O)n2)c(F)c1. The van der Waals surface area contributed by atoms with E-state index in [0.29, 0.717) is 11.4 Å². The van der Waals surface area contributed by atoms with Crippen LogP contribution in [-0.2, 0) is 19.6 Å². The fourth-order valence-electron chi connectivity index (χ4n) is 1.94. The van der Waals surface area contributed by atoms with Crippen LogP contribution in [-0.4, -0.2) is 49.4 Å². The minimum atomic E-state index is -3.47. The molecule has 26 heavy (non-hydrogen) atoms. The Hall–Kier alpha value is -2.37. The predicted molar refractivity (Wildman–Crippen MR) is 97.9 cm³/mol. The van der Waals surface area contributed by atoms with Crippen LogP contribution in [0, 0.1) is 5.82 Å². The lowest BCUT2D eigenvalue weighted by atomic mass is 10.1. The summed E-state index contributed by atoms with van der Waals surface area (Å²) in [4.78, 5) is 27.0. The van der Waals surface area contributed by atoms with Crippen LogP contribution in [0.4, 0.5) is 15.2 Å². The number of thiazole rings is 1. The molecule has 0 aliphatic heterocycles. The molecule has 0 atom stereocenters. The Morgan fingerprint density at radius 1 is 1.31 bits per heavy atom. The van der Waals surface area contributed by atoms with Gasteiger partial charge in [0.05, 0.1) is 18.5 Å². The number of nitrogens with zero attached hydrogens (tertiary/aromatic N) is 2. The van der Waals surface area contributed by atoms with Crippen molar-refractivity contribution in [1.29, 1.82) is 0 Å². The molecule has 0 saturated heterocycles. The number of nitrogens with one attached hydrogen (secondary N) is 2. The van der Waals surface area contributed by atoms with Crippen LogP contribution in [0.1, 0.15) is 6.92 Å². The van der Waals surface area contributed by atoms with Crippen molar-refractivity contribution >= 4 is 44.0 Å². The molecule has 1 heterocycles. The van der Waals surface area contributed by atoms with Gasteiger partial charge in [-0.05, 0) is 18.2 Å². The maximum Gasteiger partial charge on any atom is 0.241 e. The number of rotatable bonds is 6. The van der Waals surface area contributed by atoms with Crippen molar-refractivity contribution in [3.63, 3.8) is 0 Å². The molecule has 2 N–H and O–H groups in total. The summed E-state index contributed by atoms with van der Waals surface area (Å²) in [5.41, 5.74) is 0.851. The zero-order chi connectivity index (χ0) is 19.5. The highest BCUT2D eigenvalue weighted by Crippen LogP contribution is 2.28. The largest absolute Gasteiger partial charge is 0.326 e. The van der Waals surface area contributed by atoms with Crippen LogP contribution in [0.15, 0.2) is 23.6 Å². The molecule has 0 radical (unpaired) electrons. The summed E-state index contributed by atoms with van der Waals surface area (Å²) < 4.78 is 37.7. The minimum Gasteiger partial charge on any atom is -0.326 e. The topological polar surface area (TPSA) is 108 Å². The molecular formula is C15H17FN4O4S2. The minimum absolute atomic E-state index is 0.212. The number of hydrogen-bond donors (Lipinski definition) is 2. The Bertz CT molecular complexity index is 943.